The van der Waals surface area contributed by atoms with Crippen LogP contribution in [0.4, 0.5) is 0 Å². The first-order valence-electron chi connectivity index (χ1n) is 5.63. The molecule has 0 saturated carbocycles. The van der Waals surface area contributed by atoms with Crippen molar-refractivity contribution in [1.82, 2.24) is 0 Å². The molecule has 0 spiro atoms. The Morgan fingerprint density at radius 2 is 1.59 bits per heavy atom. The van der Waals surface area contributed by atoms with Crippen LogP contribution in [-0.4, -0.2) is 0 Å². The highest BCUT2D eigenvalue weighted by molar-refractivity contribution is 14.1. The Morgan fingerprint density at radius 1 is 0.882 bits per heavy atom. The molecule has 0 unspecified atom stereocenters. The first kappa shape index (κ1) is 12.2. The van der Waals surface area contributed by atoms with Crippen LogP contribution in [0.1, 0.15) is 17.5 Å². The van der Waals surface area contributed by atoms with Crippen LogP contribution >= 0.6 is 22.6 Å². The first-order chi connectivity index (χ1) is 8.36. The van der Waals surface area contributed by atoms with E-state index in [-0.39, 0.29) is 0 Å². The Kier molecular flexibility index (Phi) is 4.63. The zero-order valence-electron chi connectivity index (χ0n) is 9.49. The van der Waals surface area contributed by atoms with E-state index in [2.05, 4.69) is 70.8 Å². The highest BCUT2D eigenvalue weighted by atomic mass is 127. The summed E-state index contributed by atoms with van der Waals surface area (Å²) in [5, 5.41) is 0. The third-order valence-corrected chi connectivity index (χ3v) is 3.42. The van der Waals surface area contributed by atoms with E-state index in [1.165, 1.54) is 9.13 Å². The minimum Gasteiger partial charge on any atom is -0.0975 e. The van der Waals surface area contributed by atoms with Gasteiger partial charge in [0.1, 0.15) is 0 Å². The maximum absolute atomic E-state index is 3.24. The lowest BCUT2D eigenvalue weighted by molar-refractivity contribution is 1.03. The molecule has 0 aliphatic heterocycles. The minimum absolute atomic E-state index is 0.912. The Morgan fingerprint density at radius 3 is 2.35 bits per heavy atom. The van der Waals surface area contributed by atoms with E-state index >= 15 is 0 Å². The van der Waals surface area contributed by atoms with E-state index in [1.807, 2.05) is 18.2 Å². The second-order valence-corrected chi connectivity index (χ2v) is 4.93. The van der Waals surface area contributed by atoms with Crippen LogP contribution in [0.25, 0.3) is 0 Å². The van der Waals surface area contributed by atoms with E-state index in [0.29, 0.717) is 0 Å². The number of hydrogen-bond donors (Lipinski definition) is 0. The molecule has 0 bridgehead atoms. The molecule has 84 valence electrons. The highest BCUT2D eigenvalue weighted by Gasteiger charge is 1.92. The largest absolute Gasteiger partial charge is 0.0975 e. The van der Waals surface area contributed by atoms with Crippen LogP contribution in [0.5, 0.6) is 0 Å². The van der Waals surface area contributed by atoms with Gasteiger partial charge < -0.3 is 0 Å². The average Bonchev–Trinajstić information content (AvgIpc) is 2.38. The summed E-state index contributed by atoms with van der Waals surface area (Å²) in [6, 6.07) is 18.7. The van der Waals surface area contributed by atoms with Crippen molar-refractivity contribution in [2.24, 2.45) is 0 Å². The molecule has 1 heteroatoms. The zero-order chi connectivity index (χ0) is 11.9. The number of hydrogen-bond acceptors (Lipinski definition) is 0. The lowest BCUT2D eigenvalue weighted by Gasteiger charge is -1.95. The van der Waals surface area contributed by atoms with Crippen molar-refractivity contribution in [2.75, 3.05) is 0 Å². The van der Waals surface area contributed by atoms with Crippen molar-refractivity contribution < 1.29 is 0 Å². The van der Waals surface area contributed by atoms with E-state index in [4.69, 9.17) is 0 Å². The van der Waals surface area contributed by atoms with Crippen LogP contribution in [-0.2, 0) is 6.42 Å². The number of rotatable bonds is 2. The van der Waals surface area contributed by atoms with Gasteiger partial charge in [-0.25, -0.2) is 0 Å². The molecule has 0 saturated heterocycles. The van der Waals surface area contributed by atoms with Gasteiger partial charge in [-0.15, -0.1) is 0 Å². The lowest BCUT2D eigenvalue weighted by atomic mass is 10.1. The fraction of sp³-hybridized carbons (Fsp3) is 0.125. The summed E-state index contributed by atoms with van der Waals surface area (Å²) < 4.78 is 1.22. The Hall–Kier alpha value is -1.27. The maximum atomic E-state index is 3.24. The Labute approximate surface area is 116 Å². The standard InChI is InChI=1S/C16H13I/c17-16-13-7-6-12-15(16)11-5-4-10-14-8-2-1-3-9-14/h1-3,6-9,12-13H,4,10H2. The maximum Gasteiger partial charge on any atom is 0.0378 e. The smallest absolute Gasteiger partial charge is 0.0378 e. The van der Waals surface area contributed by atoms with Crippen molar-refractivity contribution in [1.29, 1.82) is 0 Å². The van der Waals surface area contributed by atoms with Gasteiger partial charge in [-0.3, -0.25) is 0 Å². The van der Waals surface area contributed by atoms with Crippen molar-refractivity contribution >= 4 is 22.6 Å². The van der Waals surface area contributed by atoms with Crippen LogP contribution in [0.3, 0.4) is 0 Å². The van der Waals surface area contributed by atoms with Gasteiger partial charge in [0.2, 0.25) is 0 Å². The molecule has 0 aliphatic carbocycles. The predicted molar refractivity (Wildman–Crippen MR) is 80.8 cm³/mol. The summed E-state index contributed by atoms with van der Waals surface area (Å²) in [7, 11) is 0. The van der Waals surface area contributed by atoms with Gasteiger partial charge in [-0.2, -0.15) is 0 Å². The molecule has 0 aliphatic rings. The Balaban J connectivity index is 1.94. The summed E-state index contributed by atoms with van der Waals surface area (Å²) in [5.74, 6) is 6.46. The van der Waals surface area contributed by atoms with Crippen LogP contribution in [0.2, 0.25) is 0 Å². The SMILES string of the molecule is Ic1ccccc1C#CCCc1ccccc1. The molecule has 0 atom stereocenters. The number of benzene rings is 2. The highest BCUT2D eigenvalue weighted by Crippen LogP contribution is 2.09. The molecule has 0 nitrogen and oxygen atoms in total. The van der Waals surface area contributed by atoms with Gasteiger partial charge in [0.05, 0.1) is 0 Å². The molecule has 0 aromatic heterocycles. The van der Waals surface area contributed by atoms with E-state index in [1.54, 1.807) is 0 Å². The molecule has 2 aromatic rings. The van der Waals surface area contributed by atoms with E-state index < -0.39 is 0 Å². The van der Waals surface area contributed by atoms with Gasteiger partial charge in [0.25, 0.3) is 0 Å². The molecular weight excluding hydrogens is 319 g/mol. The van der Waals surface area contributed by atoms with Crippen LogP contribution in [0, 0.1) is 15.4 Å². The summed E-state index contributed by atoms with van der Waals surface area (Å²) in [6.07, 6.45) is 1.94. The topological polar surface area (TPSA) is 0 Å². The molecule has 0 heterocycles. The molecule has 2 rings (SSSR count). The molecule has 17 heavy (non-hydrogen) atoms. The molecular formula is C16H13I. The second-order valence-electron chi connectivity index (χ2n) is 3.77. The molecule has 0 amide bonds. The first-order valence-corrected chi connectivity index (χ1v) is 6.71. The monoisotopic (exact) mass is 332 g/mol. The van der Waals surface area contributed by atoms with E-state index in [0.717, 1.165) is 18.4 Å². The normalized spacial score (nSPS) is 9.47. The number of halogens is 1. The van der Waals surface area contributed by atoms with Crippen LogP contribution in [0.15, 0.2) is 54.6 Å². The summed E-state index contributed by atoms with van der Waals surface area (Å²) in [5.41, 5.74) is 2.48. The van der Waals surface area contributed by atoms with Gasteiger partial charge in [-0.1, -0.05) is 54.3 Å². The fourth-order valence-electron chi connectivity index (χ4n) is 1.57. The van der Waals surface area contributed by atoms with Gasteiger partial charge >= 0.3 is 0 Å². The van der Waals surface area contributed by atoms with Crippen molar-refractivity contribution in [3.05, 3.63) is 69.3 Å². The Bertz CT molecular complexity index is 532. The third kappa shape index (κ3) is 3.90. The third-order valence-electron chi connectivity index (χ3n) is 2.48. The average molecular weight is 332 g/mol. The van der Waals surface area contributed by atoms with Crippen molar-refractivity contribution in [3.63, 3.8) is 0 Å². The predicted octanol–water partition coefficient (Wildman–Crippen LogP) is 4.28. The lowest BCUT2D eigenvalue weighted by Crippen LogP contribution is -1.83. The summed E-state index contributed by atoms with van der Waals surface area (Å²) in [4.78, 5) is 0. The summed E-state index contributed by atoms with van der Waals surface area (Å²) in [6.45, 7) is 0. The molecule has 0 fully saturated rings. The fourth-order valence-corrected chi connectivity index (χ4v) is 2.09. The van der Waals surface area contributed by atoms with Crippen molar-refractivity contribution in [2.45, 2.75) is 12.8 Å². The molecule has 2 aromatic carbocycles. The minimum atomic E-state index is 0.912. The quantitative estimate of drug-likeness (QED) is 0.569. The van der Waals surface area contributed by atoms with Gasteiger partial charge in [0, 0.05) is 15.6 Å². The molecule has 0 N–H and O–H groups in total. The zero-order valence-corrected chi connectivity index (χ0v) is 11.6. The van der Waals surface area contributed by atoms with E-state index in [9.17, 15) is 0 Å². The van der Waals surface area contributed by atoms with Crippen molar-refractivity contribution in [3.8, 4) is 11.8 Å². The van der Waals surface area contributed by atoms with Gasteiger partial charge in [-0.05, 0) is 46.7 Å². The second kappa shape index (κ2) is 6.46. The van der Waals surface area contributed by atoms with Crippen LogP contribution < -0.4 is 0 Å². The van der Waals surface area contributed by atoms with Gasteiger partial charge in [0.15, 0.2) is 0 Å². The number of aryl methyl sites for hydroxylation is 1. The molecule has 0 radical (unpaired) electrons. The summed E-state index contributed by atoms with van der Waals surface area (Å²) >= 11 is 2.32.